The zero-order chi connectivity index (χ0) is 29.7. The maximum absolute atomic E-state index is 13.3. The van der Waals surface area contributed by atoms with Crippen LogP contribution in [-0.2, 0) is 35.3 Å². The average Bonchev–Trinajstić information content (AvgIpc) is 3.55. The lowest BCUT2D eigenvalue weighted by Crippen LogP contribution is -2.54. The van der Waals surface area contributed by atoms with Crippen LogP contribution >= 0.6 is 23.2 Å². The highest BCUT2D eigenvalue weighted by Gasteiger charge is 2.41. The van der Waals surface area contributed by atoms with Crippen molar-refractivity contribution in [1.29, 1.82) is 0 Å². The van der Waals surface area contributed by atoms with E-state index in [0.717, 1.165) is 5.56 Å². The fourth-order valence-electron chi connectivity index (χ4n) is 4.68. The average molecular weight is 605 g/mol. The van der Waals surface area contributed by atoms with Crippen LogP contribution in [0.4, 0.5) is 5.69 Å². The van der Waals surface area contributed by atoms with Crippen LogP contribution in [-0.4, -0.2) is 65.5 Å². The molecule has 0 saturated carbocycles. The number of benzene rings is 2. The SMILES string of the molecule is CC(=O)Nc1ccc(C(=O)NC(C)C(=O)N2CCCC2C(=O)NC2CC(=O)OC2OCc2ccc(Cl)cc2)cc1Cl. The third-order valence-corrected chi connectivity index (χ3v) is 7.28. The number of anilines is 1. The van der Waals surface area contributed by atoms with Gasteiger partial charge in [-0.25, -0.2) is 0 Å². The molecule has 2 aromatic rings. The van der Waals surface area contributed by atoms with Crippen LogP contribution in [0.1, 0.15) is 49.0 Å². The van der Waals surface area contributed by atoms with Gasteiger partial charge in [0.2, 0.25) is 24.0 Å². The number of hydrogen-bond acceptors (Lipinski definition) is 7. The van der Waals surface area contributed by atoms with Gasteiger partial charge in [0, 0.05) is 24.1 Å². The molecule has 11 nitrogen and oxygen atoms in total. The molecule has 0 aromatic heterocycles. The smallest absolute Gasteiger partial charge is 0.310 e. The Balaban J connectivity index is 1.34. The number of hydrogen-bond donors (Lipinski definition) is 3. The number of amides is 4. The van der Waals surface area contributed by atoms with Crippen LogP contribution in [0, 0.1) is 0 Å². The molecule has 2 aliphatic rings. The van der Waals surface area contributed by atoms with E-state index < -0.39 is 48.1 Å². The predicted octanol–water partition coefficient (Wildman–Crippen LogP) is 3.04. The van der Waals surface area contributed by atoms with Crippen molar-refractivity contribution >= 4 is 58.5 Å². The monoisotopic (exact) mass is 604 g/mol. The summed E-state index contributed by atoms with van der Waals surface area (Å²) in [6.45, 7) is 3.36. The van der Waals surface area contributed by atoms with E-state index in [4.69, 9.17) is 32.7 Å². The van der Waals surface area contributed by atoms with Gasteiger partial charge < -0.3 is 30.3 Å². The lowest BCUT2D eigenvalue weighted by Gasteiger charge is -2.28. The molecule has 0 spiro atoms. The van der Waals surface area contributed by atoms with Crippen molar-refractivity contribution in [3.63, 3.8) is 0 Å². The molecule has 2 saturated heterocycles. The van der Waals surface area contributed by atoms with Gasteiger partial charge in [-0.05, 0) is 55.7 Å². The molecule has 2 aliphatic heterocycles. The summed E-state index contributed by atoms with van der Waals surface area (Å²) in [4.78, 5) is 63.9. The van der Waals surface area contributed by atoms with Crippen LogP contribution in [0.15, 0.2) is 42.5 Å². The van der Waals surface area contributed by atoms with Gasteiger partial charge in [0.1, 0.15) is 18.1 Å². The van der Waals surface area contributed by atoms with Crippen molar-refractivity contribution in [3.8, 4) is 0 Å². The maximum Gasteiger partial charge on any atom is 0.310 e. The largest absolute Gasteiger partial charge is 0.433 e. The van der Waals surface area contributed by atoms with Crippen molar-refractivity contribution in [3.05, 3.63) is 63.6 Å². The van der Waals surface area contributed by atoms with Crippen LogP contribution in [0.5, 0.6) is 0 Å². The lowest BCUT2D eigenvalue weighted by molar-refractivity contribution is -0.168. The van der Waals surface area contributed by atoms with E-state index in [0.29, 0.717) is 30.1 Å². The van der Waals surface area contributed by atoms with Gasteiger partial charge in [-0.2, -0.15) is 0 Å². The van der Waals surface area contributed by atoms with Gasteiger partial charge in [0.25, 0.3) is 5.91 Å². The van der Waals surface area contributed by atoms with E-state index in [2.05, 4.69) is 16.0 Å². The standard InChI is InChI=1S/C28H30Cl2N4O7/c1-15(31-25(37)18-7-10-21(20(30)12-18)32-16(2)35)27(39)34-11-3-4-23(34)26(38)33-22-13-24(36)41-28(22)40-14-17-5-8-19(29)9-6-17/h5-10,12,15,22-23,28H,3-4,11,13-14H2,1-2H3,(H,31,37)(H,32,35)(H,33,38). The molecule has 2 heterocycles. The minimum Gasteiger partial charge on any atom is -0.433 e. The molecule has 2 fully saturated rings. The molecule has 4 unspecified atom stereocenters. The molecule has 3 N–H and O–H groups in total. The summed E-state index contributed by atoms with van der Waals surface area (Å²) < 4.78 is 11.0. The van der Waals surface area contributed by atoms with E-state index >= 15 is 0 Å². The first kappa shape index (κ1) is 30.3. The number of rotatable bonds is 9. The Morgan fingerprint density at radius 3 is 2.54 bits per heavy atom. The van der Waals surface area contributed by atoms with E-state index in [1.165, 1.54) is 36.9 Å². The molecule has 0 aliphatic carbocycles. The Kier molecular flexibility index (Phi) is 9.85. The minimum atomic E-state index is -0.977. The summed E-state index contributed by atoms with van der Waals surface area (Å²) in [5, 5.41) is 8.76. The molecular formula is C28H30Cl2N4O7. The number of nitrogens with one attached hydrogen (secondary N) is 3. The highest BCUT2D eigenvalue weighted by molar-refractivity contribution is 6.34. The minimum absolute atomic E-state index is 0.0621. The Morgan fingerprint density at radius 1 is 1.12 bits per heavy atom. The summed E-state index contributed by atoms with van der Waals surface area (Å²) in [5.74, 6) is -2.20. The van der Waals surface area contributed by atoms with E-state index in [1.807, 2.05) is 0 Å². The lowest BCUT2D eigenvalue weighted by atomic mass is 10.1. The quantitative estimate of drug-likeness (QED) is 0.373. The van der Waals surface area contributed by atoms with Gasteiger partial charge in [0.05, 0.1) is 23.7 Å². The molecule has 4 rings (SSSR count). The second-order valence-corrected chi connectivity index (χ2v) is 10.7. The first-order valence-electron chi connectivity index (χ1n) is 13.1. The van der Waals surface area contributed by atoms with Gasteiger partial charge in [-0.15, -0.1) is 0 Å². The number of nitrogens with zero attached hydrogens (tertiary/aromatic N) is 1. The van der Waals surface area contributed by atoms with E-state index in [9.17, 15) is 24.0 Å². The summed E-state index contributed by atoms with van der Waals surface area (Å²) in [5.41, 5.74) is 1.38. The van der Waals surface area contributed by atoms with E-state index in [-0.39, 0.29) is 29.5 Å². The normalized spacial score (nSPS) is 20.7. The first-order valence-corrected chi connectivity index (χ1v) is 13.8. The van der Waals surface area contributed by atoms with Crippen LogP contribution < -0.4 is 16.0 Å². The molecule has 0 bridgehead atoms. The topological polar surface area (TPSA) is 143 Å². The highest BCUT2D eigenvalue weighted by atomic mass is 35.5. The zero-order valence-electron chi connectivity index (χ0n) is 22.4. The van der Waals surface area contributed by atoms with Crippen molar-refractivity contribution < 1.29 is 33.4 Å². The number of likely N-dealkylation sites (tertiary alicyclic amines) is 1. The Morgan fingerprint density at radius 2 is 1.85 bits per heavy atom. The van der Waals surface area contributed by atoms with Crippen LogP contribution in [0.3, 0.4) is 0 Å². The number of carbonyl (C=O) groups is 5. The number of carbonyl (C=O) groups excluding carboxylic acids is 5. The Hall–Kier alpha value is -3.67. The molecule has 4 atom stereocenters. The third-order valence-electron chi connectivity index (χ3n) is 6.72. The molecule has 0 radical (unpaired) electrons. The van der Waals surface area contributed by atoms with Crippen molar-refractivity contribution in [2.45, 2.75) is 64.1 Å². The molecule has 13 heteroatoms. The van der Waals surface area contributed by atoms with Gasteiger partial charge >= 0.3 is 5.97 Å². The predicted molar refractivity (Wildman–Crippen MR) is 150 cm³/mol. The highest BCUT2D eigenvalue weighted by Crippen LogP contribution is 2.24. The summed E-state index contributed by atoms with van der Waals surface area (Å²) in [7, 11) is 0. The maximum atomic E-state index is 13.3. The number of halogens is 2. The summed E-state index contributed by atoms with van der Waals surface area (Å²) in [6.07, 6.45) is -0.0138. The van der Waals surface area contributed by atoms with Gasteiger partial charge in [-0.1, -0.05) is 35.3 Å². The van der Waals surface area contributed by atoms with Gasteiger partial charge in [-0.3, -0.25) is 24.0 Å². The third kappa shape index (κ3) is 7.75. The fourth-order valence-corrected chi connectivity index (χ4v) is 5.04. The molecule has 2 aromatic carbocycles. The van der Waals surface area contributed by atoms with Crippen molar-refractivity contribution in [2.24, 2.45) is 0 Å². The molecule has 218 valence electrons. The first-order chi connectivity index (χ1) is 19.5. The van der Waals surface area contributed by atoms with Gasteiger partial charge in [0.15, 0.2) is 0 Å². The zero-order valence-corrected chi connectivity index (χ0v) is 24.0. The Labute approximate surface area is 246 Å². The van der Waals surface area contributed by atoms with Crippen molar-refractivity contribution in [1.82, 2.24) is 15.5 Å². The second kappa shape index (κ2) is 13.3. The summed E-state index contributed by atoms with van der Waals surface area (Å²) in [6, 6.07) is 8.93. The number of ether oxygens (including phenoxy) is 2. The fraction of sp³-hybridized carbons (Fsp3) is 0.393. The van der Waals surface area contributed by atoms with Crippen LogP contribution in [0.2, 0.25) is 10.0 Å². The van der Waals surface area contributed by atoms with Crippen molar-refractivity contribution in [2.75, 3.05) is 11.9 Å². The second-order valence-electron chi connectivity index (χ2n) is 9.88. The molecular weight excluding hydrogens is 575 g/mol. The Bertz CT molecular complexity index is 1340. The molecule has 41 heavy (non-hydrogen) atoms. The van der Waals surface area contributed by atoms with E-state index in [1.54, 1.807) is 24.3 Å². The van der Waals surface area contributed by atoms with Crippen LogP contribution in [0.25, 0.3) is 0 Å². The number of esters is 1. The molecule has 4 amide bonds. The number of cyclic esters (lactones) is 1. The summed E-state index contributed by atoms with van der Waals surface area (Å²) >= 11 is 12.1.